The normalized spacial score (nSPS) is 20.5. The molecule has 2 aliphatic rings. The summed E-state index contributed by atoms with van der Waals surface area (Å²) >= 11 is 2.43. The van der Waals surface area contributed by atoms with Crippen LogP contribution >= 0.6 is 23.1 Å². The highest BCUT2D eigenvalue weighted by molar-refractivity contribution is 8.14. The van der Waals surface area contributed by atoms with Gasteiger partial charge in [0.05, 0.1) is 16.3 Å². The number of nitrogens with zero attached hydrogens (tertiary/aromatic N) is 3. The van der Waals surface area contributed by atoms with Crippen LogP contribution in [0.3, 0.4) is 0 Å². The number of nitrogens with one attached hydrogen (secondary N) is 2. The van der Waals surface area contributed by atoms with Crippen LogP contribution in [-0.2, 0) is 4.79 Å². The Morgan fingerprint density at radius 2 is 2.07 bits per heavy atom. The largest absolute Gasteiger partial charge is 0.316 e. The number of anilines is 1. The topological polar surface area (TPSA) is 119 Å². The number of carbonyl (C=O) groups excluding carboxylic acids is 2. The van der Waals surface area contributed by atoms with Crippen LogP contribution in [0.15, 0.2) is 35.5 Å². The molecule has 2 amide bonds. The molecule has 2 N–H and O–H groups in total. The van der Waals surface area contributed by atoms with Crippen LogP contribution in [0.1, 0.15) is 32.1 Å². The van der Waals surface area contributed by atoms with E-state index in [2.05, 4.69) is 27.8 Å². The Hall–Kier alpha value is -2.88. The molecule has 1 fully saturated rings. The predicted octanol–water partition coefficient (Wildman–Crippen LogP) is 4.56. The Morgan fingerprint density at radius 1 is 1.30 bits per heavy atom. The zero-order chi connectivity index (χ0) is 21.1. The van der Waals surface area contributed by atoms with Crippen molar-refractivity contribution in [1.82, 2.24) is 10.3 Å². The van der Waals surface area contributed by atoms with E-state index in [0.29, 0.717) is 23.5 Å². The van der Waals surface area contributed by atoms with Gasteiger partial charge >= 0.3 is 0 Å². The summed E-state index contributed by atoms with van der Waals surface area (Å²) in [6, 6.07) is 11.9. The van der Waals surface area contributed by atoms with Crippen LogP contribution in [0.5, 0.6) is 0 Å². The summed E-state index contributed by atoms with van der Waals surface area (Å²) in [5, 5.41) is 24.9. The van der Waals surface area contributed by atoms with Gasteiger partial charge in [0.25, 0.3) is 5.24 Å². The Labute approximate surface area is 182 Å². The molecule has 0 saturated heterocycles. The highest BCUT2D eigenvalue weighted by Gasteiger charge is 2.50. The summed E-state index contributed by atoms with van der Waals surface area (Å²) in [6.45, 7) is 0. The lowest BCUT2D eigenvalue weighted by molar-refractivity contribution is -0.127. The minimum Gasteiger partial charge on any atom is -0.316 e. The average molecular weight is 438 g/mol. The number of amides is 2. The maximum absolute atomic E-state index is 12.6. The van der Waals surface area contributed by atoms with Gasteiger partial charge in [-0.2, -0.15) is 10.5 Å². The van der Waals surface area contributed by atoms with E-state index in [-0.39, 0.29) is 16.7 Å². The van der Waals surface area contributed by atoms with Crippen LogP contribution in [0, 0.1) is 34.0 Å². The van der Waals surface area contributed by atoms with Crippen molar-refractivity contribution in [2.45, 2.75) is 32.1 Å². The van der Waals surface area contributed by atoms with Crippen molar-refractivity contribution in [3.8, 4) is 12.1 Å². The average Bonchev–Trinajstić information content (AvgIpc) is 3.15. The van der Waals surface area contributed by atoms with E-state index in [0.717, 1.165) is 41.2 Å². The zero-order valence-electron chi connectivity index (χ0n) is 16.1. The van der Waals surface area contributed by atoms with E-state index in [9.17, 15) is 20.1 Å². The van der Waals surface area contributed by atoms with Gasteiger partial charge < -0.3 is 5.32 Å². The standard InChI is InChI=1S/C21H19N5O2S2/c22-10-13-18(27)24-16(11-23)14(21(13)8-4-1-5-9-21)12-29-20(28)26-19-25-15-6-2-3-7-17(15)30-19/h2-3,6-7,13H,1,4-5,8-9,12H2,(H,24,27)(H,25,26,28). The molecular weight excluding hydrogens is 418 g/mol. The molecule has 30 heavy (non-hydrogen) atoms. The summed E-state index contributed by atoms with van der Waals surface area (Å²) in [7, 11) is 0. The number of thioether (sulfide) groups is 1. The fourth-order valence-corrected chi connectivity index (χ4v) is 6.20. The monoisotopic (exact) mass is 437 g/mol. The third-order valence-corrected chi connectivity index (χ3v) is 7.55. The predicted molar refractivity (Wildman–Crippen MR) is 116 cm³/mol. The number of allylic oxidation sites excluding steroid dienone is 1. The van der Waals surface area contributed by atoms with Gasteiger partial charge in [-0.05, 0) is 30.5 Å². The van der Waals surface area contributed by atoms with E-state index in [1.807, 2.05) is 24.3 Å². The molecule has 1 spiro atoms. The van der Waals surface area contributed by atoms with Crippen molar-refractivity contribution in [2.75, 3.05) is 11.1 Å². The van der Waals surface area contributed by atoms with Crippen LogP contribution in [0.25, 0.3) is 10.2 Å². The molecule has 4 rings (SSSR count). The Morgan fingerprint density at radius 3 is 2.77 bits per heavy atom. The first-order valence-electron chi connectivity index (χ1n) is 9.71. The van der Waals surface area contributed by atoms with Crippen molar-refractivity contribution < 1.29 is 9.59 Å². The number of carbonyl (C=O) groups is 2. The fraction of sp³-hybridized carbons (Fsp3) is 0.381. The number of hydrogen-bond acceptors (Lipinski definition) is 7. The Kier molecular flexibility index (Phi) is 5.76. The van der Waals surface area contributed by atoms with Crippen molar-refractivity contribution >= 4 is 49.6 Å². The van der Waals surface area contributed by atoms with Gasteiger partial charge in [0, 0.05) is 11.2 Å². The molecule has 1 saturated carbocycles. The lowest BCUT2D eigenvalue weighted by Gasteiger charge is -2.44. The molecule has 152 valence electrons. The second-order valence-electron chi connectivity index (χ2n) is 7.42. The van der Waals surface area contributed by atoms with Gasteiger partial charge in [0.2, 0.25) is 5.91 Å². The number of rotatable bonds is 3. The van der Waals surface area contributed by atoms with Gasteiger partial charge in [0.1, 0.15) is 17.7 Å². The van der Waals surface area contributed by atoms with E-state index in [1.165, 1.54) is 11.3 Å². The molecule has 9 heteroatoms. The molecule has 1 aliphatic carbocycles. The van der Waals surface area contributed by atoms with Gasteiger partial charge in [-0.1, -0.05) is 54.5 Å². The number of hydrogen-bond donors (Lipinski definition) is 2. The molecule has 1 aromatic heterocycles. The second kappa shape index (κ2) is 8.47. The quantitative estimate of drug-likeness (QED) is 0.727. The third-order valence-electron chi connectivity index (χ3n) is 5.80. The summed E-state index contributed by atoms with van der Waals surface area (Å²) in [5.74, 6) is -1.00. The minimum atomic E-state index is -0.835. The molecule has 0 radical (unpaired) electrons. The minimum absolute atomic E-state index is 0.189. The lowest BCUT2D eigenvalue weighted by Crippen LogP contribution is -2.49. The summed E-state index contributed by atoms with van der Waals surface area (Å²) in [5.41, 5.74) is 1.06. The smallest absolute Gasteiger partial charge is 0.285 e. The van der Waals surface area contributed by atoms with Crippen LogP contribution < -0.4 is 10.6 Å². The first-order chi connectivity index (χ1) is 14.6. The van der Waals surface area contributed by atoms with Crippen molar-refractivity contribution in [2.24, 2.45) is 11.3 Å². The highest BCUT2D eigenvalue weighted by atomic mass is 32.2. The van der Waals surface area contributed by atoms with Crippen LogP contribution in [-0.4, -0.2) is 21.9 Å². The molecule has 1 atom stereocenters. The summed E-state index contributed by atoms with van der Waals surface area (Å²) < 4.78 is 0.986. The first kappa shape index (κ1) is 20.4. The Balaban J connectivity index is 1.54. The number of fused-ring (bicyclic) bond motifs is 1. The zero-order valence-corrected chi connectivity index (χ0v) is 17.7. The third kappa shape index (κ3) is 3.67. The van der Waals surface area contributed by atoms with Crippen molar-refractivity contribution in [3.05, 3.63) is 35.5 Å². The molecule has 2 heterocycles. The molecule has 1 aromatic carbocycles. The highest BCUT2D eigenvalue weighted by Crippen LogP contribution is 2.51. The molecular formula is C21H19N5O2S2. The molecule has 0 bridgehead atoms. The number of nitriles is 2. The summed E-state index contributed by atoms with van der Waals surface area (Å²) in [4.78, 5) is 29.4. The number of para-hydroxylation sites is 1. The molecule has 7 nitrogen and oxygen atoms in total. The van der Waals surface area contributed by atoms with E-state index in [4.69, 9.17) is 0 Å². The van der Waals surface area contributed by atoms with E-state index >= 15 is 0 Å². The SMILES string of the molecule is N#CC1=C(CSC(=O)Nc2nc3ccccc3s2)C2(CCCCC2)C(C#N)C(=O)N1. The lowest BCUT2D eigenvalue weighted by atomic mass is 9.60. The van der Waals surface area contributed by atoms with Gasteiger partial charge in [0.15, 0.2) is 5.13 Å². The van der Waals surface area contributed by atoms with Crippen molar-refractivity contribution in [1.29, 1.82) is 10.5 Å². The van der Waals surface area contributed by atoms with Crippen molar-refractivity contribution in [3.63, 3.8) is 0 Å². The first-order valence-corrected chi connectivity index (χ1v) is 11.5. The maximum atomic E-state index is 12.6. The number of thiazole rings is 1. The molecule has 1 aliphatic heterocycles. The van der Waals surface area contributed by atoms with E-state index < -0.39 is 17.2 Å². The van der Waals surface area contributed by atoms with Gasteiger partial charge in [-0.25, -0.2) is 4.98 Å². The van der Waals surface area contributed by atoms with E-state index in [1.54, 1.807) is 0 Å². The van der Waals surface area contributed by atoms with Crippen LogP contribution in [0.2, 0.25) is 0 Å². The van der Waals surface area contributed by atoms with Gasteiger partial charge in [-0.15, -0.1) is 0 Å². The number of benzene rings is 1. The summed E-state index contributed by atoms with van der Waals surface area (Å²) in [6.07, 6.45) is 4.20. The molecule has 2 aromatic rings. The molecule has 1 unspecified atom stereocenters. The fourth-order valence-electron chi connectivity index (χ4n) is 4.40. The second-order valence-corrected chi connectivity index (χ2v) is 9.40. The van der Waals surface area contributed by atoms with Crippen LogP contribution in [0.4, 0.5) is 9.93 Å². The number of aromatic nitrogens is 1. The maximum Gasteiger partial charge on any atom is 0.285 e. The Bertz CT molecular complexity index is 1090. The van der Waals surface area contributed by atoms with Gasteiger partial charge in [-0.3, -0.25) is 14.9 Å².